The van der Waals surface area contributed by atoms with E-state index in [1.165, 1.54) is 0 Å². The van der Waals surface area contributed by atoms with Gasteiger partial charge in [0.1, 0.15) is 5.82 Å². The monoisotopic (exact) mass is 210 g/mol. The first-order chi connectivity index (χ1) is 6.70. The zero-order valence-electron chi connectivity index (χ0n) is 7.43. The van der Waals surface area contributed by atoms with E-state index in [0.717, 1.165) is 5.82 Å². The van der Waals surface area contributed by atoms with Crippen LogP contribution < -0.4 is 10.6 Å². The molecule has 2 heterocycles. The predicted octanol–water partition coefficient (Wildman–Crippen LogP) is 0.0487. The molecule has 1 aromatic rings. The number of amides is 1. The number of H-pyrrole nitrogens is 1. The van der Waals surface area contributed by atoms with E-state index >= 15 is 0 Å². The summed E-state index contributed by atoms with van der Waals surface area (Å²) in [5.41, 5.74) is 5.22. The van der Waals surface area contributed by atoms with Crippen LogP contribution in [-0.2, 0) is 4.79 Å². The third-order valence-electron chi connectivity index (χ3n) is 2.33. The van der Waals surface area contributed by atoms with E-state index in [9.17, 15) is 4.79 Å². The Morgan fingerprint density at radius 2 is 2.57 bits per heavy atom. The summed E-state index contributed by atoms with van der Waals surface area (Å²) in [7, 11) is 0. The molecule has 2 rings (SSSR count). The fourth-order valence-electron chi connectivity index (χ4n) is 1.58. The summed E-state index contributed by atoms with van der Waals surface area (Å²) in [5, 5.41) is 6.63. The number of hydrogen-bond donors (Lipinski definition) is 2. The summed E-state index contributed by atoms with van der Waals surface area (Å²) < 4.78 is 0. The highest BCUT2D eigenvalue weighted by Crippen LogP contribution is 2.24. The number of rotatable bonds is 2. The summed E-state index contributed by atoms with van der Waals surface area (Å²) in [4.78, 5) is 13.5. The molecule has 1 aromatic heterocycles. The Morgan fingerprint density at radius 1 is 1.79 bits per heavy atom. The van der Waals surface area contributed by atoms with Gasteiger partial charge in [0.2, 0.25) is 5.91 Å². The van der Waals surface area contributed by atoms with Gasteiger partial charge in [0.15, 0.2) is 0 Å². The first-order valence-electron chi connectivity index (χ1n) is 4.30. The molecule has 6 heteroatoms. The quantitative estimate of drug-likeness (QED) is 0.676. The lowest BCUT2D eigenvalue weighted by molar-refractivity contribution is -0.119. The van der Waals surface area contributed by atoms with E-state index in [1.54, 1.807) is 6.20 Å². The number of anilines is 1. The lowest BCUT2D eigenvalue weighted by atomic mass is 10.1. The lowest BCUT2D eigenvalue weighted by Gasteiger charge is -2.15. The van der Waals surface area contributed by atoms with Crippen molar-refractivity contribution in [3.8, 4) is 0 Å². The van der Waals surface area contributed by atoms with Crippen molar-refractivity contribution in [3.05, 3.63) is 12.3 Å². The maximum atomic E-state index is 11.0. The van der Waals surface area contributed by atoms with Crippen LogP contribution in [-0.4, -0.2) is 27.6 Å². The van der Waals surface area contributed by atoms with Crippen molar-refractivity contribution < 1.29 is 4.79 Å². The van der Waals surface area contributed by atoms with Crippen molar-refractivity contribution in [1.29, 1.82) is 0 Å². The maximum absolute atomic E-state index is 11.0. The van der Waals surface area contributed by atoms with Crippen LogP contribution in [0.15, 0.2) is 12.3 Å². The Kier molecular flexibility index (Phi) is 2.20. The number of aromatic nitrogens is 2. The van der Waals surface area contributed by atoms with Gasteiger partial charge in [0, 0.05) is 12.6 Å². The van der Waals surface area contributed by atoms with Gasteiger partial charge in [-0.25, -0.2) is 0 Å². The summed E-state index contributed by atoms with van der Waals surface area (Å²) in [6.07, 6.45) is 2.34. The van der Waals surface area contributed by atoms with Crippen molar-refractivity contribution in [3.63, 3.8) is 0 Å². The first-order valence-corrected chi connectivity index (χ1v) is 4.71. The molecule has 14 heavy (non-hydrogen) atoms. The van der Waals surface area contributed by atoms with Gasteiger partial charge in [0.25, 0.3) is 0 Å². The second kappa shape index (κ2) is 3.38. The minimum Gasteiger partial charge on any atom is -0.369 e. The number of nitrogens with one attached hydrogen (secondary N) is 1. The van der Waals surface area contributed by atoms with Gasteiger partial charge in [0.05, 0.1) is 17.1 Å². The number of hydrogen-bond acceptors (Lipinski definition) is 3. The van der Waals surface area contributed by atoms with E-state index in [4.69, 9.17) is 18.0 Å². The molecule has 3 N–H and O–H groups in total. The number of nitrogens with zero attached hydrogens (tertiary/aromatic N) is 2. The van der Waals surface area contributed by atoms with E-state index in [2.05, 4.69) is 10.2 Å². The number of carbonyl (C=O) groups excluding carboxylic acids is 1. The van der Waals surface area contributed by atoms with Crippen LogP contribution in [0.1, 0.15) is 6.42 Å². The zero-order chi connectivity index (χ0) is 10.1. The number of thiocarbonyl (C=S) groups is 1. The van der Waals surface area contributed by atoms with Crippen molar-refractivity contribution >= 4 is 28.9 Å². The third kappa shape index (κ3) is 1.37. The SMILES string of the molecule is NC(=O)C1CCN(c2ccn[nH]2)C1=S. The predicted molar refractivity (Wildman–Crippen MR) is 55.8 cm³/mol. The van der Waals surface area contributed by atoms with Crippen molar-refractivity contribution in [1.82, 2.24) is 10.2 Å². The Labute approximate surface area is 86.3 Å². The highest BCUT2D eigenvalue weighted by atomic mass is 32.1. The number of nitrogens with two attached hydrogens (primary N) is 1. The Balaban J connectivity index is 2.19. The van der Waals surface area contributed by atoms with Crippen LogP contribution >= 0.6 is 12.2 Å². The number of aromatic amines is 1. The lowest BCUT2D eigenvalue weighted by Crippen LogP contribution is -2.32. The minimum absolute atomic E-state index is 0.312. The molecular weight excluding hydrogens is 200 g/mol. The topological polar surface area (TPSA) is 75.0 Å². The number of carbonyl (C=O) groups is 1. The molecule has 1 saturated heterocycles. The smallest absolute Gasteiger partial charge is 0.227 e. The Hall–Kier alpha value is -1.43. The van der Waals surface area contributed by atoms with Gasteiger partial charge in [-0.3, -0.25) is 9.89 Å². The van der Waals surface area contributed by atoms with Gasteiger partial charge in [-0.05, 0) is 6.42 Å². The average Bonchev–Trinajstić information content (AvgIpc) is 2.71. The normalized spacial score (nSPS) is 21.6. The summed E-state index contributed by atoms with van der Waals surface area (Å²) >= 11 is 5.16. The highest BCUT2D eigenvalue weighted by molar-refractivity contribution is 7.80. The molecule has 0 saturated carbocycles. The fourth-order valence-corrected chi connectivity index (χ4v) is 2.01. The molecule has 1 aliphatic heterocycles. The molecular formula is C8H10N4OS. The van der Waals surface area contributed by atoms with Gasteiger partial charge >= 0.3 is 0 Å². The molecule has 1 aliphatic rings. The highest BCUT2D eigenvalue weighted by Gasteiger charge is 2.33. The molecule has 1 amide bonds. The fraction of sp³-hybridized carbons (Fsp3) is 0.375. The molecule has 0 bridgehead atoms. The summed E-state index contributed by atoms with van der Waals surface area (Å²) in [6, 6.07) is 1.82. The molecule has 1 atom stereocenters. The van der Waals surface area contributed by atoms with Gasteiger partial charge in [-0.1, -0.05) is 12.2 Å². The number of primary amides is 1. The maximum Gasteiger partial charge on any atom is 0.227 e. The van der Waals surface area contributed by atoms with Crippen molar-refractivity contribution in [2.24, 2.45) is 11.7 Å². The van der Waals surface area contributed by atoms with Crippen LogP contribution in [0, 0.1) is 5.92 Å². The third-order valence-corrected chi connectivity index (χ3v) is 2.83. The zero-order valence-corrected chi connectivity index (χ0v) is 8.25. The van der Waals surface area contributed by atoms with Gasteiger partial charge < -0.3 is 10.6 Å². The average molecular weight is 210 g/mol. The van der Waals surface area contributed by atoms with Crippen LogP contribution in [0.4, 0.5) is 5.82 Å². The van der Waals surface area contributed by atoms with E-state index in [0.29, 0.717) is 18.0 Å². The largest absolute Gasteiger partial charge is 0.369 e. The summed E-state index contributed by atoms with van der Waals surface area (Å²) in [5.74, 6) is 0.157. The molecule has 1 unspecified atom stereocenters. The van der Waals surface area contributed by atoms with Crippen LogP contribution in [0.25, 0.3) is 0 Å². The van der Waals surface area contributed by atoms with Crippen molar-refractivity contribution in [2.75, 3.05) is 11.4 Å². The first kappa shape index (κ1) is 9.14. The van der Waals surface area contributed by atoms with Gasteiger partial charge in [-0.15, -0.1) is 0 Å². The van der Waals surface area contributed by atoms with Gasteiger partial charge in [-0.2, -0.15) is 5.10 Å². The minimum atomic E-state index is -0.350. The molecule has 0 aromatic carbocycles. The summed E-state index contributed by atoms with van der Waals surface area (Å²) in [6.45, 7) is 0.717. The Bertz CT molecular complexity index is 361. The van der Waals surface area contributed by atoms with Crippen LogP contribution in [0.5, 0.6) is 0 Å². The van der Waals surface area contributed by atoms with Crippen molar-refractivity contribution in [2.45, 2.75) is 6.42 Å². The molecule has 0 radical (unpaired) electrons. The second-order valence-corrected chi connectivity index (χ2v) is 3.59. The molecule has 5 nitrogen and oxygen atoms in total. The Morgan fingerprint density at radius 3 is 3.07 bits per heavy atom. The molecule has 74 valence electrons. The van der Waals surface area contributed by atoms with E-state index in [-0.39, 0.29) is 11.8 Å². The van der Waals surface area contributed by atoms with E-state index in [1.807, 2.05) is 11.0 Å². The van der Waals surface area contributed by atoms with Crippen LogP contribution in [0.3, 0.4) is 0 Å². The molecule has 1 fully saturated rings. The van der Waals surface area contributed by atoms with E-state index < -0.39 is 0 Å². The second-order valence-electron chi connectivity index (χ2n) is 3.18. The molecule has 0 spiro atoms. The standard InChI is InChI=1S/C8H10N4OS/c9-7(13)5-2-4-12(8(5)14)6-1-3-10-11-6/h1,3,5H,2,4H2,(H2,9,13)(H,10,11). The molecule has 0 aliphatic carbocycles. The van der Waals surface area contributed by atoms with Crippen LogP contribution in [0.2, 0.25) is 0 Å².